The highest BCUT2D eigenvalue weighted by Gasteiger charge is 2.45. The van der Waals surface area contributed by atoms with Crippen LogP contribution >= 0.6 is 11.6 Å². The van der Waals surface area contributed by atoms with Gasteiger partial charge in [-0.3, -0.25) is 19.2 Å². The normalized spacial score (nSPS) is 14.7. The molecule has 3 amide bonds. The molecule has 0 spiro atoms. The van der Waals surface area contributed by atoms with E-state index in [0.29, 0.717) is 36.6 Å². The second kappa shape index (κ2) is 11.2. The number of ether oxygens (including phenoxy) is 1. The summed E-state index contributed by atoms with van der Waals surface area (Å²) in [6.07, 6.45) is 0.805. The van der Waals surface area contributed by atoms with Crippen LogP contribution in [0.4, 0.5) is 5.69 Å². The monoisotopic (exact) mass is 485 g/mol. The number of piperidine rings is 1. The Hall–Kier alpha value is -3.39. The largest absolute Gasteiger partial charge is 0.455 e. The molecule has 0 bridgehead atoms. The summed E-state index contributed by atoms with van der Waals surface area (Å²) < 4.78 is 5.45. The lowest BCUT2D eigenvalue weighted by Crippen LogP contribution is -2.49. The summed E-state index contributed by atoms with van der Waals surface area (Å²) in [5.74, 6) is -1.48. The molecule has 34 heavy (non-hydrogen) atoms. The van der Waals surface area contributed by atoms with Crippen molar-refractivity contribution in [2.75, 3.05) is 38.6 Å². The molecular formula is C25H28ClN3O5. The number of likely N-dealkylation sites (N-methyl/N-ethyl adjacent to an activating group) is 1. The average Bonchev–Trinajstić information content (AvgIpc) is 2.84. The molecular weight excluding hydrogens is 458 g/mol. The van der Waals surface area contributed by atoms with Gasteiger partial charge in [-0.05, 0) is 30.5 Å². The number of amides is 3. The lowest BCUT2D eigenvalue weighted by atomic mass is 9.72. The van der Waals surface area contributed by atoms with Crippen LogP contribution in [0.5, 0.6) is 0 Å². The van der Waals surface area contributed by atoms with Crippen LogP contribution in [0.15, 0.2) is 54.6 Å². The van der Waals surface area contributed by atoms with Gasteiger partial charge in [0, 0.05) is 27.1 Å². The standard InChI is InChI=1S/C25H28ClN3O5/c1-18(30)29-14-12-25(13-15-29,19-8-4-3-5-9-19)24(33)34-17-23(32)28(2)16-22(31)27-21-11-7-6-10-20(21)26/h3-11H,12-17H2,1-2H3,(H,27,31). The molecule has 2 aromatic carbocycles. The molecule has 0 atom stereocenters. The summed E-state index contributed by atoms with van der Waals surface area (Å²) in [5, 5.41) is 3.04. The first kappa shape index (κ1) is 25.2. The molecule has 1 fully saturated rings. The number of hydrogen-bond acceptors (Lipinski definition) is 5. The summed E-state index contributed by atoms with van der Waals surface area (Å²) in [6.45, 7) is 1.65. The van der Waals surface area contributed by atoms with Gasteiger partial charge in [-0.2, -0.15) is 0 Å². The molecule has 0 radical (unpaired) electrons. The third kappa shape index (κ3) is 5.94. The Balaban J connectivity index is 1.60. The predicted octanol–water partition coefficient (Wildman–Crippen LogP) is 2.86. The van der Waals surface area contributed by atoms with Gasteiger partial charge < -0.3 is 19.9 Å². The lowest BCUT2D eigenvalue weighted by molar-refractivity contribution is -0.159. The van der Waals surface area contributed by atoms with E-state index >= 15 is 0 Å². The van der Waals surface area contributed by atoms with E-state index in [1.54, 1.807) is 29.2 Å². The van der Waals surface area contributed by atoms with Crippen molar-refractivity contribution in [2.24, 2.45) is 0 Å². The topological polar surface area (TPSA) is 96.0 Å². The van der Waals surface area contributed by atoms with Crippen LogP contribution in [0, 0.1) is 0 Å². The number of hydrogen-bond donors (Lipinski definition) is 1. The van der Waals surface area contributed by atoms with E-state index in [2.05, 4.69) is 5.32 Å². The predicted molar refractivity (Wildman–Crippen MR) is 128 cm³/mol. The number of rotatable bonds is 7. The first-order valence-corrected chi connectivity index (χ1v) is 11.4. The average molecular weight is 486 g/mol. The molecule has 1 N–H and O–H groups in total. The Kier molecular flexibility index (Phi) is 8.28. The van der Waals surface area contributed by atoms with E-state index < -0.39 is 29.8 Å². The zero-order valence-corrected chi connectivity index (χ0v) is 20.0. The van der Waals surface area contributed by atoms with E-state index in [1.807, 2.05) is 30.3 Å². The van der Waals surface area contributed by atoms with Gasteiger partial charge in [0.1, 0.15) is 0 Å². The molecule has 3 rings (SSSR count). The SMILES string of the molecule is CC(=O)N1CCC(C(=O)OCC(=O)N(C)CC(=O)Nc2ccccc2Cl)(c2ccccc2)CC1. The fraction of sp³-hybridized carbons (Fsp3) is 0.360. The van der Waals surface area contributed by atoms with Crippen LogP contribution in [-0.4, -0.2) is 66.8 Å². The van der Waals surface area contributed by atoms with Gasteiger partial charge in [-0.15, -0.1) is 0 Å². The quantitative estimate of drug-likeness (QED) is 0.608. The molecule has 0 unspecified atom stereocenters. The molecule has 0 aliphatic carbocycles. The van der Waals surface area contributed by atoms with Gasteiger partial charge in [-0.25, -0.2) is 0 Å². The van der Waals surface area contributed by atoms with Gasteiger partial charge in [-0.1, -0.05) is 54.1 Å². The van der Waals surface area contributed by atoms with E-state index in [9.17, 15) is 19.2 Å². The Morgan fingerprint density at radius 1 is 1.03 bits per heavy atom. The van der Waals surface area contributed by atoms with Crippen LogP contribution in [0.2, 0.25) is 5.02 Å². The van der Waals surface area contributed by atoms with Crippen molar-refractivity contribution in [3.63, 3.8) is 0 Å². The van der Waals surface area contributed by atoms with Crippen LogP contribution in [0.1, 0.15) is 25.3 Å². The van der Waals surface area contributed by atoms with Crippen molar-refractivity contribution in [2.45, 2.75) is 25.2 Å². The Morgan fingerprint density at radius 3 is 2.26 bits per heavy atom. The maximum atomic E-state index is 13.2. The number of para-hydroxylation sites is 1. The van der Waals surface area contributed by atoms with E-state index in [1.165, 1.54) is 18.9 Å². The fourth-order valence-corrected chi connectivity index (χ4v) is 4.19. The van der Waals surface area contributed by atoms with Crippen molar-refractivity contribution in [1.82, 2.24) is 9.80 Å². The minimum absolute atomic E-state index is 0.0399. The molecule has 1 heterocycles. The van der Waals surface area contributed by atoms with Crippen molar-refractivity contribution in [1.29, 1.82) is 0 Å². The van der Waals surface area contributed by atoms with Crippen LogP contribution < -0.4 is 5.32 Å². The van der Waals surface area contributed by atoms with Crippen LogP contribution in [0.3, 0.4) is 0 Å². The van der Waals surface area contributed by atoms with E-state index in [0.717, 1.165) is 5.56 Å². The van der Waals surface area contributed by atoms with Crippen molar-refractivity contribution < 1.29 is 23.9 Å². The highest BCUT2D eigenvalue weighted by Crippen LogP contribution is 2.37. The highest BCUT2D eigenvalue weighted by atomic mass is 35.5. The van der Waals surface area contributed by atoms with Crippen molar-refractivity contribution in [3.05, 3.63) is 65.2 Å². The summed E-state index contributed by atoms with van der Waals surface area (Å²) >= 11 is 6.04. The van der Waals surface area contributed by atoms with E-state index in [4.69, 9.17) is 16.3 Å². The molecule has 2 aromatic rings. The highest BCUT2D eigenvalue weighted by molar-refractivity contribution is 6.33. The second-order valence-electron chi connectivity index (χ2n) is 8.31. The number of anilines is 1. The number of nitrogens with zero attached hydrogens (tertiary/aromatic N) is 2. The number of likely N-dealkylation sites (tertiary alicyclic amines) is 1. The van der Waals surface area contributed by atoms with Crippen LogP contribution in [-0.2, 0) is 29.3 Å². The van der Waals surface area contributed by atoms with Gasteiger partial charge in [0.25, 0.3) is 5.91 Å². The molecule has 0 saturated carbocycles. The molecule has 1 aliphatic rings. The van der Waals surface area contributed by atoms with Crippen molar-refractivity contribution >= 4 is 41.0 Å². The van der Waals surface area contributed by atoms with Crippen LogP contribution in [0.25, 0.3) is 0 Å². The first-order chi connectivity index (χ1) is 16.2. The molecule has 8 nitrogen and oxygen atoms in total. The number of halogens is 1. The van der Waals surface area contributed by atoms with Gasteiger partial charge in [0.05, 0.1) is 22.7 Å². The lowest BCUT2D eigenvalue weighted by Gasteiger charge is -2.40. The second-order valence-corrected chi connectivity index (χ2v) is 8.72. The Morgan fingerprint density at radius 2 is 1.65 bits per heavy atom. The number of benzene rings is 2. The summed E-state index contributed by atoms with van der Waals surface area (Å²) in [6, 6.07) is 16.1. The summed E-state index contributed by atoms with van der Waals surface area (Å²) in [4.78, 5) is 52.7. The fourth-order valence-electron chi connectivity index (χ4n) is 4.00. The third-order valence-corrected chi connectivity index (χ3v) is 6.39. The smallest absolute Gasteiger partial charge is 0.317 e. The van der Waals surface area contributed by atoms with Gasteiger partial charge >= 0.3 is 5.97 Å². The van der Waals surface area contributed by atoms with Gasteiger partial charge in [0.2, 0.25) is 11.8 Å². The minimum atomic E-state index is -0.937. The Labute approximate surface area is 203 Å². The van der Waals surface area contributed by atoms with E-state index in [-0.39, 0.29) is 12.5 Å². The van der Waals surface area contributed by atoms with Gasteiger partial charge in [0.15, 0.2) is 6.61 Å². The maximum Gasteiger partial charge on any atom is 0.317 e. The molecule has 1 aliphatic heterocycles. The minimum Gasteiger partial charge on any atom is -0.455 e. The molecule has 0 aromatic heterocycles. The number of nitrogens with one attached hydrogen (secondary N) is 1. The summed E-state index contributed by atoms with van der Waals surface area (Å²) in [7, 11) is 1.46. The molecule has 180 valence electrons. The molecule has 1 saturated heterocycles. The molecule has 9 heteroatoms. The summed E-state index contributed by atoms with van der Waals surface area (Å²) in [5.41, 5.74) is 0.305. The Bertz CT molecular complexity index is 1050. The number of esters is 1. The maximum absolute atomic E-state index is 13.2. The zero-order chi connectivity index (χ0) is 24.7. The number of carbonyl (C=O) groups excluding carboxylic acids is 4. The first-order valence-electron chi connectivity index (χ1n) is 11.0. The third-order valence-electron chi connectivity index (χ3n) is 6.06. The van der Waals surface area contributed by atoms with Crippen molar-refractivity contribution in [3.8, 4) is 0 Å². The zero-order valence-electron chi connectivity index (χ0n) is 19.3. The number of carbonyl (C=O) groups is 4.